The van der Waals surface area contributed by atoms with E-state index in [1.54, 1.807) is 12.1 Å². The summed E-state index contributed by atoms with van der Waals surface area (Å²) in [5.74, 6) is 0.117. The van der Waals surface area contributed by atoms with Gasteiger partial charge in [0.15, 0.2) is 0 Å². The Morgan fingerprint density at radius 2 is 1.81 bits per heavy atom. The molecule has 2 amide bonds. The van der Waals surface area contributed by atoms with Crippen LogP contribution in [0.1, 0.15) is 54.9 Å². The van der Waals surface area contributed by atoms with E-state index in [4.69, 9.17) is 11.6 Å². The Hall–Kier alpha value is -2.53. The number of benzene rings is 2. The maximum atomic E-state index is 13.2. The molecule has 1 aliphatic carbocycles. The van der Waals surface area contributed by atoms with Crippen LogP contribution in [0, 0.1) is 5.92 Å². The summed E-state index contributed by atoms with van der Waals surface area (Å²) in [5, 5.41) is 3.54. The van der Waals surface area contributed by atoms with Crippen molar-refractivity contribution in [2.75, 3.05) is 30.9 Å². The van der Waals surface area contributed by atoms with Gasteiger partial charge in [0.05, 0.1) is 10.6 Å². The van der Waals surface area contributed by atoms with Crippen molar-refractivity contribution in [2.24, 2.45) is 5.92 Å². The van der Waals surface area contributed by atoms with Gasteiger partial charge in [-0.1, -0.05) is 43.5 Å². The zero-order valence-electron chi connectivity index (χ0n) is 18.7. The molecule has 0 aliphatic heterocycles. The number of hydrogen-bond donors (Lipinski definition) is 1. The Morgan fingerprint density at radius 1 is 1.10 bits per heavy atom. The van der Waals surface area contributed by atoms with Crippen molar-refractivity contribution in [1.82, 2.24) is 4.90 Å². The minimum absolute atomic E-state index is 0.0856. The van der Waals surface area contributed by atoms with E-state index >= 15 is 0 Å². The molecule has 0 bridgehead atoms. The summed E-state index contributed by atoms with van der Waals surface area (Å²) in [4.78, 5) is 29.7. The van der Waals surface area contributed by atoms with E-state index in [9.17, 15) is 9.59 Å². The highest BCUT2D eigenvalue weighted by atomic mass is 35.5. The first-order valence-electron chi connectivity index (χ1n) is 11.1. The molecule has 2 aromatic carbocycles. The van der Waals surface area contributed by atoms with E-state index in [1.165, 1.54) is 0 Å². The van der Waals surface area contributed by atoms with Gasteiger partial charge in [-0.25, -0.2) is 0 Å². The molecule has 0 aromatic heterocycles. The quantitative estimate of drug-likeness (QED) is 0.581. The van der Waals surface area contributed by atoms with Crippen molar-refractivity contribution in [3.63, 3.8) is 0 Å². The second-order valence-electron chi connectivity index (χ2n) is 8.42. The van der Waals surface area contributed by atoms with Gasteiger partial charge in [-0.05, 0) is 55.2 Å². The van der Waals surface area contributed by atoms with Gasteiger partial charge in [-0.15, -0.1) is 0 Å². The van der Waals surface area contributed by atoms with Crippen LogP contribution in [0.5, 0.6) is 0 Å². The largest absolute Gasteiger partial charge is 0.377 e. The monoisotopic (exact) mass is 441 g/mol. The number of nitrogens with zero attached hydrogens (tertiary/aromatic N) is 2. The van der Waals surface area contributed by atoms with E-state index in [1.807, 2.05) is 54.2 Å². The minimum Gasteiger partial charge on any atom is -0.377 e. The average Bonchev–Trinajstić information content (AvgIpc) is 3.28. The molecule has 0 unspecified atom stereocenters. The number of nitrogens with one attached hydrogen (secondary N) is 1. The Labute approximate surface area is 190 Å². The molecule has 0 saturated heterocycles. The Bertz CT molecular complexity index is 923. The third kappa shape index (κ3) is 5.79. The summed E-state index contributed by atoms with van der Waals surface area (Å²) in [6.07, 6.45) is 5.01. The van der Waals surface area contributed by atoms with Crippen molar-refractivity contribution >= 4 is 34.8 Å². The lowest BCUT2D eigenvalue weighted by molar-refractivity contribution is -0.119. The van der Waals surface area contributed by atoms with E-state index in [0.29, 0.717) is 23.7 Å². The van der Waals surface area contributed by atoms with Crippen LogP contribution < -0.4 is 10.2 Å². The standard InChI is InChI=1S/C25H32ClN3O2/c1-4-15-29(25(31)21-11-7-8-12-22(21)26)17-19-16-20(13-14-23(19)28(2)3)27-24(30)18-9-5-6-10-18/h7-8,11-14,16,18H,4-6,9-10,15,17H2,1-3H3,(H,27,30). The Balaban J connectivity index is 1.86. The molecule has 1 N–H and O–H groups in total. The third-order valence-corrected chi connectivity index (χ3v) is 6.13. The molecule has 2 aromatic rings. The van der Waals surface area contributed by atoms with Crippen LogP contribution in [0.25, 0.3) is 0 Å². The highest BCUT2D eigenvalue weighted by Crippen LogP contribution is 2.29. The van der Waals surface area contributed by atoms with Crippen LogP contribution >= 0.6 is 11.6 Å². The van der Waals surface area contributed by atoms with Gasteiger partial charge in [-0.3, -0.25) is 9.59 Å². The topological polar surface area (TPSA) is 52.7 Å². The van der Waals surface area contributed by atoms with E-state index in [-0.39, 0.29) is 17.7 Å². The van der Waals surface area contributed by atoms with Gasteiger partial charge in [0.25, 0.3) is 5.91 Å². The number of amides is 2. The van der Waals surface area contributed by atoms with Gasteiger partial charge in [-0.2, -0.15) is 0 Å². The van der Waals surface area contributed by atoms with Gasteiger partial charge in [0.2, 0.25) is 5.91 Å². The number of anilines is 2. The summed E-state index contributed by atoms with van der Waals surface area (Å²) in [5.41, 5.74) is 3.30. The second-order valence-corrected chi connectivity index (χ2v) is 8.82. The van der Waals surface area contributed by atoms with Crippen LogP contribution in [0.15, 0.2) is 42.5 Å². The molecule has 6 heteroatoms. The zero-order valence-corrected chi connectivity index (χ0v) is 19.4. The number of rotatable bonds is 8. The fraction of sp³-hybridized carbons (Fsp3) is 0.440. The first-order valence-corrected chi connectivity index (χ1v) is 11.4. The van der Waals surface area contributed by atoms with Gasteiger partial charge >= 0.3 is 0 Å². The molecule has 5 nitrogen and oxygen atoms in total. The maximum Gasteiger partial charge on any atom is 0.255 e. The SMILES string of the molecule is CCCN(Cc1cc(NC(=O)C2CCCC2)ccc1N(C)C)C(=O)c1ccccc1Cl. The predicted molar refractivity (Wildman–Crippen MR) is 128 cm³/mol. The van der Waals surface area contributed by atoms with Crippen molar-refractivity contribution in [3.8, 4) is 0 Å². The summed E-state index contributed by atoms with van der Waals surface area (Å²) in [6, 6.07) is 13.1. The predicted octanol–water partition coefficient (Wildman–Crippen LogP) is 5.59. The molecule has 0 heterocycles. The second kappa shape index (κ2) is 10.7. The van der Waals surface area contributed by atoms with Crippen molar-refractivity contribution in [1.29, 1.82) is 0 Å². The zero-order chi connectivity index (χ0) is 22.4. The highest BCUT2D eigenvalue weighted by molar-refractivity contribution is 6.33. The lowest BCUT2D eigenvalue weighted by atomic mass is 10.1. The molecular formula is C25H32ClN3O2. The van der Waals surface area contributed by atoms with Crippen LogP contribution in [0.2, 0.25) is 5.02 Å². The van der Waals surface area contributed by atoms with Crippen LogP contribution in [0.4, 0.5) is 11.4 Å². The van der Waals surface area contributed by atoms with E-state index in [0.717, 1.165) is 49.0 Å². The molecule has 0 spiro atoms. The summed E-state index contributed by atoms with van der Waals surface area (Å²) < 4.78 is 0. The summed E-state index contributed by atoms with van der Waals surface area (Å²) >= 11 is 6.29. The van der Waals surface area contributed by atoms with Crippen molar-refractivity contribution < 1.29 is 9.59 Å². The van der Waals surface area contributed by atoms with Gasteiger partial charge in [0, 0.05) is 44.5 Å². The first-order chi connectivity index (χ1) is 14.9. The fourth-order valence-electron chi connectivity index (χ4n) is 4.19. The van der Waals surface area contributed by atoms with Crippen LogP contribution in [-0.2, 0) is 11.3 Å². The van der Waals surface area contributed by atoms with Crippen LogP contribution in [0.3, 0.4) is 0 Å². The number of hydrogen-bond acceptors (Lipinski definition) is 3. The van der Waals surface area contributed by atoms with E-state index < -0.39 is 0 Å². The van der Waals surface area contributed by atoms with Gasteiger partial charge in [0.1, 0.15) is 0 Å². The number of halogens is 1. The number of carbonyl (C=O) groups excluding carboxylic acids is 2. The molecule has 1 aliphatic rings. The Morgan fingerprint density at radius 3 is 2.45 bits per heavy atom. The fourth-order valence-corrected chi connectivity index (χ4v) is 4.41. The summed E-state index contributed by atoms with van der Waals surface area (Å²) in [7, 11) is 3.96. The first kappa shape index (κ1) is 23.1. The lowest BCUT2D eigenvalue weighted by Crippen LogP contribution is -2.32. The molecular weight excluding hydrogens is 410 g/mol. The van der Waals surface area contributed by atoms with Crippen molar-refractivity contribution in [2.45, 2.75) is 45.6 Å². The molecule has 1 fully saturated rings. The van der Waals surface area contributed by atoms with Crippen LogP contribution in [-0.4, -0.2) is 37.4 Å². The minimum atomic E-state index is -0.0856. The smallest absolute Gasteiger partial charge is 0.255 e. The third-order valence-electron chi connectivity index (χ3n) is 5.80. The normalized spacial score (nSPS) is 13.8. The van der Waals surface area contributed by atoms with E-state index in [2.05, 4.69) is 12.2 Å². The molecule has 1 saturated carbocycles. The number of carbonyl (C=O) groups is 2. The van der Waals surface area contributed by atoms with Gasteiger partial charge < -0.3 is 15.1 Å². The molecule has 31 heavy (non-hydrogen) atoms. The highest BCUT2D eigenvalue weighted by Gasteiger charge is 2.23. The summed E-state index contributed by atoms with van der Waals surface area (Å²) in [6.45, 7) is 3.12. The lowest BCUT2D eigenvalue weighted by Gasteiger charge is -2.26. The molecule has 166 valence electrons. The molecule has 0 radical (unpaired) electrons. The maximum absolute atomic E-state index is 13.2. The molecule has 0 atom stereocenters. The molecule has 3 rings (SSSR count). The average molecular weight is 442 g/mol. The Kier molecular flexibility index (Phi) is 7.97. The van der Waals surface area contributed by atoms with Crippen molar-refractivity contribution in [3.05, 3.63) is 58.6 Å².